The third-order valence-corrected chi connectivity index (χ3v) is 6.49. The second-order valence-corrected chi connectivity index (χ2v) is 9.80. The predicted octanol–water partition coefficient (Wildman–Crippen LogP) is 8.54. The van der Waals surface area contributed by atoms with Gasteiger partial charge in [0.1, 0.15) is 11.5 Å². The molecule has 0 heterocycles. The van der Waals surface area contributed by atoms with Gasteiger partial charge >= 0.3 is 7.32 Å². The first-order valence-electron chi connectivity index (χ1n) is 13.7. The standard InChI is InChI=1S/C30H47BO3/c1-5-7-9-11-13-15-17-27-23-25(3)19-21-29(27)33-31(32)34-30-22-20-26(4)24-28(30)18-16-14-12-10-8-6-2/h19-24,32H,5-18H2,1-4H3. The van der Waals surface area contributed by atoms with E-state index in [-0.39, 0.29) is 0 Å². The Morgan fingerprint density at radius 1 is 0.588 bits per heavy atom. The third kappa shape index (κ3) is 11.0. The van der Waals surface area contributed by atoms with Crippen molar-refractivity contribution in [2.24, 2.45) is 0 Å². The van der Waals surface area contributed by atoms with E-state index in [1.54, 1.807) is 0 Å². The second kappa shape index (κ2) is 16.7. The summed E-state index contributed by atoms with van der Waals surface area (Å²) < 4.78 is 11.8. The van der Waals surface area contributed by atoms with E-state index < -0.39 is 7.32 Å². The molecule has 0 fully saturated rings. The fourth-order valence-corrected chi connectivity index (χ4v) is 4.47. The summed E-state index contributed by atoms with van der Waals surface area (Å²) in [5.74, 6) is 1.44. The number of hydrogen-bond acceptors (Lipinski definition) is 3. The molecule has 0 amide bonds. The number of rotatable bonds is 18. The number of unbranched alkanes of at least 4 members (excludes halogenated alkanes) is 10. The van der Waals surface area contributed by atoms with Gasteiger partial charge in [0.2, 0.25) is 0 Å². The van der Waals surface area contributed by atoms with E-state index in [0.29, 0.717) is 0 Å². The van der Waals surface area contributed by atoms with Crippen molar-refractivity contribution in [1.82, 2.24) is 0 Å². The van der Waals surface area contributed by atoms with E-state index in [9.17, 15) is 5.02 Å². The maximum Gasteiger partial charge on any atom is 0.785 e. The van der Waals surface area contributed by atoms with Gasteiger partial charge in [-0.25, -0.2) is 0 Å². The summed E-state index contributed by atoms with van der Waals surface area (Å²) in [6.07, 6.45) is 17.1. The fourth-order valence-electron chi connectivity index (χ4n) is 4.47. The molecule has 0 aromatic heterocycles. The lowest BCUT2D eigenvalue weighted by Gasteiger charge is -2.17. The molecule has 188 valence electrons. The smallest absolute Gasteiger partial charge is 0.501 e. The normalized spacial score (nSPS) is 11.0. The lowest BCUT2D eigenvalue weighted by Crippen LogP contribution is -2.30. The highest BCUT2D eigenvalue weighted by Gasteiger charge is 2.24. The fraction of sp³-hybridized carbons (Fsp3) is 0.600. The SMILES string of the molecule is CCCCCCCCc1cc(C)ccc1OB(O)Oc1ccc(C)cc1CCCCCCCC. The molecule has 0 radical (unpaired) electrons. The van der Waals surface area contributed by atoms with Crippen LogP contribution in [0.2, 0.25) is 0 Å². The molecular weight excluding hydrogens is 419 g/mol. The van der Waals surface area contributed by atoms with Gasteiger partial charge in [-0.05, 0) is 62.8 Å². The van der Waals surface area contributed by atoms with Crippen LogP contribution >= 0.6 is 0 Å². The first kappa shape index (κ1) is 28.3. The van der Waals surface area contributed by atoms with Crippen molar-refractivity contribution < 1.29 is 14.3 Å². The molecule has 34 heavy (non-hydrogen) atoms. The quantitative estimate of drug-likeness (QED) is 0.177. The van der Waals surface area contributed by atoms with E-state index in [2.05, 4.69) is 39.8 Å². The maximum atomic E-state index is 10.6. The largest absolute Gasteiger partial charge is 0.785 e. The molecule has 2 aromatic rings. The summed E-state index contributed by atoms with van der Waals surface area (Å²) in [5, 5.41) is 10.6. The lowest BCUT2D eigenvalue weighted by atomic mass is 10.0. The van der Waals surface area contributed by atoms with Crippen LogP contribution < -0.4 is 9.31 Å². The van der Waals surface area contributed by atoms with Crippen LogP contribution in [-0.2, 0) is 12.8 Å². The minimum absolute atomic E-state index is 0.719. The van der Waals surface area contributed by atoms with Crippen molar-refractivity contribution in [3.8, 4) is 11.5 Å². The first-order chi connectivity index (χ1) is 16.5. The van der Waals surface area contributed by atoms with Crippen molar-refractivity contribution in [3.63, 3.8) is 0 Å². The Labute approximate surface area is 209 Å². The van der Waals surface area contributed by atoms with Gasteiger partial charge in [-0.1, -0.05) is 113 Å². The Morgan fingerprint density at radius 3 is 1.38 bits per heavy atom. The summed E-state index contributed by atoms with van der Waals surface area (Å²) in [5.41, 5.74) is 4.72. The van der Waals surface area contributed by atoms with Gasteiger partial charge in [-0.15, -0.1) is 0 Å². The third-order valence-electron chi connectivity index (χ3n) is 6.49. The van der Waals surface area contributed by atoms with Crippen molar-refractivity contribution in [2.45, 2.75) is 118 Å². The zero-order valence-electron chi connectivity index (χ0n) is 22.2. The van der Waals surface area contributed by atoms with Gasteiger partial charge in [0, 0.05) is 0 Å². The molecule has 0 atom stereocenters. The average molecular weight is 467 g/mol. The van der Waals surface area contributed by atoms with Crippen LogP contribution in [-0.4, -0.2) is 12.3 Å². The first-order valence-corrected chi connectivity index (χ1v) is 13.7. The van der Waals surface area contributed by atoms with Gasteiger partial charge in [0.05, 0.1) is 0 Å². The van der Waals surface area contributed by atoms with Crippen LogP contribution in [0.15, 0.2) is 36.4 Å². The highest BCUT2D eigenvalue weighted by Crippen LogP contribution is 2.26. The molecule has 0 aliphatic heterocycles. The van der Waals surface area contributed by atoms with Crippen LogP contribution in [0.25, 0.3) is 0 Å². The highest BCUT2D eigenvalue weighted by atomic mass is 16.7. The number of benzene rings is 2. The van der Waals surface area contributed by atoms with Crippen LogP contribution in [0, 0.1) is 13.8 Å². The molecule has 1 N–H and O–H groups in total. The Balaban J connectivity index is 1.93. The van der Waals surface area contributed by atoms with E-state index in [4.69, 9.17) is 9.31 Å². The monoisotopic (exact) mass is 466 g/mol. The average Bonchev–Trinajstić information content (AvgIpc) is 2.81. The molecule has 0 spiro atoms. The minimum Gasteiger partial charge on any atom is -0.501 e. The van der Waals surface area contributed by atoms with Gasteiger partial charge in [-0.3, -0.25) is 0 Å². The summed E-state index contributed by atoms with van der Waals surface area (Å²) in [6.45, 7) is 8.69. The van der Waals surface area contributed by atoms with Gasteiger partial charge in [-0.2, -0.15) is 0 Å². The Morgan fingerprint density at radius 2 is 0.971 bits per heavy atom. The highest BCUT2D eigenvalue weighted by molar-refractivity contribution is 6.36. The minimum atomic E-state index is -1.32. The van der Waals surface area contributed by atoms with Crippen LogP contribution in [0.3, 0.4) is 0 Å². The Bertz CT molecular complexity index is 753. The summed E-state index contributed by atoms with van der Waals surface area (Å²) in [7, 11) is -1.32. The predicted molar refractivity (Wildman–Crippen MR) is 146 cm³/mol. The van der Waals surface area contributed by atoms with Crippen LogP contribution in [0.4, 0.5) is 0 Å². The Hall–Kier alpha value is -1.94. The Kier molecular flexibility index (Phi) is 13.9. The molecule has 0 bridgehead atoms. The summed E-state index contributed by atoms with van der Waals surface area (Å²) in [4.78, 5) is 0. The molecule has 2 rings (SSSR count). The molecule has 4 heteroatoms. The van der Waals surface area contributed by atoms with Gasteiger partial charge in [0.15, 0.2) is 0 Å². The van der Waals surface area contributed by atoms with E-state index in [0.717, 1.165) is 48.3 Å². The summed E-state index contributed by atoms with van der Waals surface area (Å²) in [6, 6.07) is 12.3. The second-order valence-electron chi connectivity index (χ2n) is 9.80. The molecule has 3 nitrogen and oxygen atoms in total. The molecule has 0 aliphatic rings. The molecule has 0 unspecified atom stereocenters. The molecule has 0 saturated heterocycles. The van der Waals surface area contributed by atoms with Crippen LogP contribution in [0.5, 0.6) is 11.5 Å². The van der Waals surface area contributed by atoms with Gasteiger partial charge in [0.25, 0.3) is 0 Å². The van der Waals surface area contributed by atoms with Gasteiger partial charge < -0.3 is 14.3 Å². The lowest BCUT2D eigenvalue weighted by molar-refractivity contribution is 0.295. The van der Waals surface area contributed by atoms with Crippen molar-refractivity contribution in [3.05, 3.63) is 58.7 Å². The zero-order chi connectivity index (χ0) is 24.6. The van der Waals surface area contributed by atoms with Crippen molar-refractivity contribution in [1.29, 1.82) is 0 Å². The maximum absolute atomic E-state index is 10.6. The zero-order valence-corrected chi connectivity index (χ0v) is 22.2. The van der Waals surface area contributed by atoms with Crippen LogP contribution in [0.1, 0.15) is 113 Å². The van der Waals surface area contributed by atoms with E-state index in [1.807, 2.05) is 24.3 Å². The van der Waals surface area contributed by atoms with Crippen molar-refractivity contribution >= 4 is 7.32 Å². The van der Waals surface area contributed by atoms with Crippen molar-refractivity contribution in [2.75, 3.05) is 0 Å². The number of hydrogen-bond donors (Lipinski definition) is 1. The van der Waals surface area contributed by atoms with E-state index >= 15 is 0 Å². The molecule has 0 aliphatic carbocycles. The molecule has 2 aromatic carbocycles. The molecular formula is C30H47BO3. The topological polar surface area (TPSA) is 38.7 Å². The number of aryl methyl sites for hydroxylation is 4. The molecule has 0 saturated carbocycles. The summed E-state index contributed by atoms with van der Waals surface area (Å²) >= 11 is 0. The van der Waals surface area contributed by atoms with E-state index in [1.165, 1.54) is 75.3 Å².